The smallest absolute Gasteiger partial charge is 0.191 e. The molecular formula is C17H23N3O2S. The molecule has 5 nitrogen and oxygen atoms in total. The van der Waals surface area contributed by atoms with Crippen LogP contribution in [0.5, 0.6) is 11.5 Å². The summed E-state index contributed by atoms with van der Waals surface area (Å²) < 4.78 is 13.5. The Morgan fingerprint density at radius 1 is 1.04 bits per heavy atom. The zero-order valence-electron chi connectivity index (χ0n) is 13.5. The molecule has 1 aliphatic rings. The first kappa shape index (κ1) is 16.2. The van der Waals surface area contributed by atoms with Crippen LogP contribution in [0.1, 0.15) is 32.0 Å². The van der Waals surface area contributed by atoms with E-state index in [0.717, 1.165) is 41.2 Å². The third-order valence-corrected chi connectivity index (χ3v) is 4.72. The van der Waals surface area contributed by atoms with Gasteiger partial charge in [-0.3, -0.25) is 0 Å². The van der Waals surface area contributed by atoms with Crippen LogP contribution < -0.4 is 9.47 Å². The largest absolute Gasteiger partial charge is 0.494 e. The van der Waals surface area contributed by atoms with Crippen LogP contribution in [-0.2, 0) is 13.0 Å². The Hall–Kier alpha value is -1.69. The molecule has 0 atom stereocenters. The highest BCUT2D eigenvalue weighted by Gasteiger charge is 2.14. The standard InChI is InChI=1S/C17H23N3O2S/c1-2-21-14-7-9-15(10-8-14)22-12-13-23-17-19-18-16-6-4-3-5-11-20(16)17/h7-10H,2-6,11-13H2,1H3. The summed E-state index contributed by atoms with van der Waals surface area (Å²) in [7, 11) is 0. The van der Waals surface area contributed by atoms with Crippen LogP contribution in [0, 0.1) is 0 Å². The Balaban J connectivity index is 1.45. The van der Waals surface area contributed by atoms with E-state index in [1.807, 2.05) is 31.2 Å². The summed E-state index contributed by atoms with van der Waals surface area (Å²) in [5.74, 6) is 3.75. The minimum absolute atomic E-state index is 0.654. The second-order valence-corrected chi connectivity index (χ2v) is 6.52. The SMILES string of the molecule is CCOc1ccc(OCCSc2nnc3n2CCCCC3)cc1. The van der Waals surface area contributed by atoms with Crippen molar-refractivity contribution in [3.05, 3.63) is 30.1 Å². The molecule has 1 aromatic carbocycles. The lowest BCUT2D eigenvalue weighted by atomic mass is 10.2. The van der Waals surface area contributed by atoms with E-state index < -0.39 is 0 Å². The fraction of sp³-hybridized carbons (Fsp3) is 0.529. The van der Waals surface area contributed by atoms with Crippen LogP contribution in [0.4, 0.5) is 0 Å². The highest BCUT2D eigenvalue weighted by atomic mass is 32.2. The van der Waals surface area contributed by atoms with E-state index in [0.29, 0.717) is 13.2 Å². The van der Waals surface area contributed by atoms with Crippen molar-refractivity contribution in [2.24, 2.45) is 0 Å². The van der Waals surface area contributed by atoms with Gasteiger partial charge in [-0.25, -0.2) is 0 Å². The van der Waals surface area contributed by atoms with Crippen molar-refractivity contribution in [2.45, 2.75) is 44.3 Å². The molecule has 3 rings (SSSR count). The van der Waals surface area contributed by atoms with E-state index in [2.05, 4.69) is 14.8 Å². The first-order valence-electron chi connectivity index (χ1n) is 8.27. The summed E-state index contributed by atoms with van der Waals surface area (Å²) in [6, 6.07) is 7.76. The van der Waals surface area contributed by atoms with Crippen molar-refractivity contribution in [1.29, 1.82) is 0 Å². The molecule has 0 saturated heterocycles. The number of hydrogen-bond acceptors (Lipinski definition) is 5. The van der Waals surface area contributed by atoms with Gasteiger partial charge >= 0.3 is 0 Å². The Morgan fingerprint density at radius 2 is 1.83 bits per heavy atom. The molecule has 2 heterocycles. The number of rotatable bonds is 7. The summed E-state index contributed by atoms with van der Waals surface area (Å²) in [6.45, 7) is 4.36. The fourth-order valence-corrected chi connectivity index (χ4v) is 3.46. The van der Waals surface area contributed by atoms with Gasteiger partial charge in [0.15, 0.2) is 5.16 Å². The Bertz CT molecular complexity index is 613. The molecule has 0 saturated carbocycles. The highest BCUT2D eigenvalue weighted by Crippen LogP contribution is 2.22. The van der Waals surface area contributed by atoms with E-state index in [4.69, 9.17) is 9.47 Å². The summed E-state index contributed by atoms with van der Waals surface area (Å²) in [5.41, 5.74) is 0. The Labute approximate surface area is 141 Å². The fourth-order valence-electron chi connectivity index (χ4n) is 2.66. The van der Waals surface area contributed by atoms with Gasteiger partial charge in [0, 0.05) is 18.7 Å². The lowest BCUT2D eigenvalue weighted by Gasteiger charge is -2.08. The molecule has 0 N–H and O–H groups in total. The lowest BCUT2D eigenvalue weighted by Crippen LogP contribution is -2.05. The van der Waals surface area contributed by atoms with Crippen molar-refractivity contribution in [2.75, 3.05) is 19.0 Å². The van der Waals surface area contributed by atoms with Crippen LogP contribution >= 0.6 is 11.8 Å². The predicted molar refractivity (Wildman–Crippen MR) is 91.4 cm³/mol. The summed E-state index contributed by atoms with van der Waals surface area (Å²) in [6.07, 6.45) is 4.79. The van der Waals surface area contributed by atoms with Gasteiger partial charge < -0.3 is 14.0 Å². The number of aromatic nitrogens is 3. The van der Waals surface area contributed by atoms with Crippen LogP contribution in [0.25, 0.3) is 0 Å². The summed E-state index contributed by atoms with van der Waals surface area (Å²) >= 11 is 1.72. The molecule has 6 heteroatoms. The lowest BCUT2D eigenvalue weighted by molar-refractivity contribution is 0.332. The average molecular weight is 333 g/mol. The zero-order chi connectivity index (χ0) is 15.9. The number of fused-ring (bicyclic) bond motifs is 1. The third kappa shape index (κ3) is 4.41. The van der Waals surface area contributed by atoms with E-state index in [1.54, 1.807) is 11.8 Å². The van der Waals surface area contributed by atoms with E-state index in [-0.39, 0.29) is 0 Å². The van der Waals surface area contributed by atoms with E-state index in [9.17, 15) is 0 Å². The van der Waals surface area contributed by atoms with E-state index >= 15 is 0 Å². The Morgan fingerprint density at radius 3 is 2.61 bits per heavy atom. The molecule has 0 bridgehead atoms. The van der Waals surface area contributed by atoms with Crippen molar-refractivity contribution < 1.29 is 9.47 Å². The van der Waals surface area contributed by atoms with Gasteiger partial charge in [-0.2, -0.15) is 0 Å². The molecule has 0 aliphatic carbocycles. The number of benzene rings is 1. The monoisotopic (exact) mass is 333 g/mol. The van der Waals surface area contributed by atoms with Crippen molar-refractivity contribution in [3.8, 4) is 11.5 Å². The topological polar surface area (TPSA) is 49.2 Å². The van der Waals surface area contributed by atoms with Crippen molar-refractivity contribution in [3.63, 3.8) is 0 Å². The summed E-state index contributed by atoms with van der Waals surface area (Å²) in [4.78, 5) is 0. The molecular weight excluding hydrogens is 310 g/mol. The molecule has 1 aliphatic heterocycles. The Kier molecular flexibility index (Phi) is 5.80. The quantitative estimate of drug-likeness (QED) is 0.572. The molecule has 2 aromatic rings. The van der Waals surface area contributed by atoms with Crippen LogP contribution in [0.3, 0.4) is 0 Å². The van der Waals surface area contributed by atoms with Gasteiger partial charge in [0.1, 0.15) is 17.3 Å². The van der Waals surface area contributed by atoms with Crippen molar-refractivity contribution in [1.82, 2.24) is 14.8 Å². The molecule has 0 radical (unpaired) electrons. The minimum Gasteiger partial charge on any atom is -0.494 e. The number of thioether (sulfide) groups is 1. The molecule has 1 aromatic heterocycles. The van der Waals surface area contributed by atoms with E-state index in [1.165, 1.54) is 19.3 Å². The first-order valence-corrected chi connectivity index (χ1v) is 9.26. The molecule has 23 heavy (non-hydrogen) atoms. The predicted octanol–water partition coefficient (Wildman–Crippen LogP) is 3.57. The average Bonchev–Trinajstić information content (AvgIpc) is 2.80. The number of hydrogen-bond donors (Lipinski definition) is 0. The van der Waals surface area contributed by atoms with Gasteiger partial charge in [-0.05, 0) is 44.0 Å². The van der Waals surface area contributed by atoms with Gasteiger partial charge in [0.25, 0.3) is 0 Å². The maximum absolute atomic E-state index is 5.77. The minimum atomic E-state index is 0.654. The van der Waals surface area contributed by atoms with Gasteiger partial charge in [0.05, 0.1) is 13.2 Å². The van der Waals surface area contributed by atoms with Gasteiger partial charge in [0.2, 0.25) is 0 Å². The third-order valence-electron chi connectivity index (χ3n) is 3.79. The molecule has 0 spiro atoms. The maximum Gasteiger partial charge on any atom is 0.191 e. The van der Waals surface area contributed by atoms with Crippen molar-refractivity contribution >= 4 is 11.8 Å². The molecule has 124 valence electrons. The highest BCUT2D eigenvalue weighted by molar-refractivity contribution is 7.99. The van der Waals surface area contributed by atoms with Gasteiger partial charge in [-0.15, -0.1) is 10.2 Å². The van der Waals surface area contributed by atoms with Crippen LogP contribution in [0.15, 0.2) is 29.4 Å². The number of nitrogens with zero attached hydrogens (tertiary/aromatic N) is 3. The maximum atomic E-state index is 5.77. The number of aryl methyl sites for hydroxylation is 1. The zero-order valence-corrected chi connectivity index (χ0v) is 14.3. The number of ether oxygens (including phenoxy) is 2. The first-order chi connectivity index (χ1) is 11.4. The van der Waals surface area contributed by atoms with Crippen LogP contribution in [0.2, 0.25) is 0 Å². The summed E-state index contributed by atoms with van der Waals surface area (Å²) in [5, 5.41) is 9.66. The van der Waals surface area contributed by atoms with Gasteiger partial charge in [-0.1, -0.05) is 18.2 Å². The molecule has 0 fully saturated rings. The molecule has 0 unspecified atom stereocenters. The van der Waals surface area contributed by atoms with Crippen LogP contribution in [-0.4, -0.2) is 33.7 Å². The molecule has 0 amide bonds. The second-order valence-electron chi connectivity index (χ2n) is 5.46. The second kappa shape index (κ2) is 8.24. The normalized spacial score (nSPS) is 14.1.